The first-order valence-corrected chi connectivity index (χ1v) is 8.90. The van der Waals surface area contributed by atoms with Gasteiger partial charge in [-0.05, 0) is 39.5 Å². The fourth-order valence-electron chi connectivity index (χ4n) is 2.51. The van der Waals surface area contributed by atoms with Gasteiger partial charge < -0.3 is 19.7 Å². The van der Waals surface area contributed by atoms with Gasteiger partial charge in [-0.1, -0.05) is 24.2 Å². The number of aromatic nitrogens is 2. The molecule has 0 fully saturated rings. The molecule has 0 atom stereocenters. The summed E-state index contributed by atoms with van der Waals surface area (Å²) >= 11 is 0. The Morgan fingerprint density at radius 3 is 2.54 bits per heavy atom. The molecule has 146 valence electrons. The van der Waals surface area contributed by atoms with Crippen LogP contribution in [0.4, 0.5) is 0 Å². The van der Waals surface area contributed by atoms with Gasteiger partial charge in [-0.3, -0.25) is 0 Å². The van der Waals surface area contributed by atoms with Gasteiger partial charge in [-0.2, -0.15) is 0 Å². The molecule has 0 aliphatic carbocycles. The molecule has 8 heteroatoms. The van der Waals surface area contributed by atoms with Crippen molar-refractivity contribution in [2.75, 3.05) is 13.1 Å². The van der Waals surface area contributed by atoms with Crippen LogP contribution in [0.3, 0.4) is 0 Å². The second-order valence-corrected chi connectivity index (χ2v) is 6.40. The molecule has 7 nitrogen and oxygen atoms in total. The zero-order valence-electron chi connectivity index (χ0n) is 16.3. The second kappa shape index (κ2) is 11.2. The molecule has 2 rings (SSSR count). The molecule has 0 bridgehead atoms. The molecule has 2 heterocycles. The summed E-state index contributed by atoms with van der Waals surface area (Å²) in [4.78, 5) is 4.56. The van der Waals surface area contributed by atoms with E-state index in [0.717, 1.165) is 54.8 Å². The molecule has 2 aromatic rings. The van der Waals surface area contributed by atoms with Gasteiger partial charge >= 0.3 is 0 Å². The Labute approximate surface area is 172 Å². The largest absolute Gasteiger partial charge is 0.361 e. The SMILES string of the molecule is CCNC(=NCc1cc(C(C)C)no1)NCCCc1c(C)noc1C.I. The third kappa shape index (κ3) is 6.62. The number of halogens is 1. The molecule has 0 aliphatic rings. The fraction of sp³-hybridized carbons (Fsp3) is 0.611. The Morgan fingerprint density at radius 2 is 1.96 bits per heavy atom. The number of nitrogens with one attached hydrogen (secondary N) is 2. The van der Waals surface area contributed by atoms with E-state index in [-0.39, 0.29) is 24.0 Å². The van der Waals surface area contributed by atoms with Crippen molar-refractivity contribution in [3.63, 3.8) is 0 Å². The number of hydrogen-bond acceptors (Lipinski definition) is 5. The molecule has 2 N–H and O–H groups in total. The van der Waals surface area contributed by atoms with Gasteiger partial charge in [-0.15, -0.1) is 24.0 Å². The van der Waals surface area contributed by atoms with Gasteiger partial charge in [0.2, 0.25) is 0 Å². The summed E-state index contributed by atoms with van der Waals surface area (Å²) in [7, 11) is 0. The molecule has 0 spiro atoms. The van der Waals surface area contributed by atoms with Crippen LogP contribution in [0.25, 0.3) is 0 Å². The summed E-state index contributed by atoms with van der Waals surface area (Å²) < 4.78 is 10.5. The average molecular weight is 475 g/mol. The molecular formula is C18H30IN5O2. The van der Waals surface area contributed by atoms with E-state index in [9.17, 15) is 0 Å². The van der Waals surface area contributed by atoms with Crippen LogP contribution in [0.2, 0.25) is 0 Å². The minimum atomic E-state index is 0. The van der Waals surface area contributed by atoms with Crippen LogP contribution in [0.5, 0.6) is 0 Å². The summed E-state index contributed by atoms with van der Waals surface area (Å²) in [6.45, 7) is 12.3. The summed E-state index contributed by atoms with van der Waals surface area (Å²) in [6, 6.07) is 1.97. The van der Waals surface area contributed by atoms with Crippen molar-refractivity contribution in [3.8, 4) is 0 Å². The van der Waals surface area contributed by atoms with E-state index in [1.165, 1.54) is 5.56 Å². The first kappa shape index (κ1) is 22.5. The molecule has 0 saturated heterocycles. The molecule has 0 saturated carbocycles. The number of aryl methyl sites for hydroxylation is 2. The highest BCUT2D eigenvalue weighted by molar-refractivity contribution is 14.0. The third-order valence-electron chi connectivity index (χ3n) is 3.98. The number of guanidine groups is 1. The van der Waals surface area contributed by atoms with Crippen molar-refractivity contribution < 1.29 is 9.05 Å². The average Bonchev–Trinajstić information content (AvgIpc) is 3.17. The van der Waals surface area contributed by atoms with E-state index in [4.69, 9.17) is 9.05 Å². The smallest absolute Gasteiger partial charge is 0.191 e. The molecule has 0 aromatic carbocycles. The van der Waals surface area contributed by atoms with Gasteiger partial charge in [0.25, 0.3) is 0 Å². The standard InChI is InChI=1S/C18H29N5O2.HI/c1-6-19-18(21-11-15-10-17(12(2)3)23-25-15)20-9-7-8-16-13(4)22-24-14(16)5;/h10,12H,6-9,11H2,1-5H3,(H2,19,20,21);1H. The molecule has 0 radical (unpaired) electrons. The topological polar surface area (TPSA) is 88.5 Å². The Balaban J connectivity index is 0.00000338. The van der Waals surface area contributed by atoms with Crippen molar-refractivity contribution in [1.82, 2.24) is 20.9 Å². The quantitative estimate of drug-likeness (QED) is 0.262. The van der Waals surface area contributed by atoms with Crippen molar-refractivity contribution in [3.05, 3.63) is 34.5 Å². The highest BCUT2D eigenvalue weighted by Gasteiger charge is 2.09. The van der Waals surface area contributed by atoms with Gasteiger partial charge in [0.05, 0.1) is 11.4 Å². The summed E-state index contributed by atoms with van der Waals surface area (Å²) in [5.41, 5.74) is 3.14. The van der Waals surface area contributed by atoms with Crippen LogP contribution in [0.15, 0.2) is 20.1 Å². The summed E-state index contributed by atoms with van der Waals surface area (Å²) in [5, 5.41) is 14.6. The highest BCUT2D eigenvalue weighted by atomic mass is 127. The van der Waals surface area contributed by atoms with Crippen LogP contribution in [-0.2, 0) is 13.0 Å². The van der Waals surface area contributed by atoms with E-state index in [2.05, 4.69) is 39.8 Å². The lowest BCUT2D eigenvalue weighted by atomic mass is 10.1. The van der Waals surface area contributed by atoms with Crippen molar-refractivity contribution in [2.45, 2.75) is 59.9 Å². The van der Waals surface area contributed by atoms with Crippen molar-refractivity contribution in [1.29, 1.82) is 0 Å². The number of hydrogen-bond donors (Lipinski definition) is 2. The lowest BCUT2D eigenvalue weighted by Gasteiger charge is -2.10. The Hall–Kier alpha value is -1.58. The van der Waals surface area contributed by atoms with E-state index in [1.54, 1.807) is 0 Å². The molecule has 26 heavy (non-hydrogen) atoms. The predicted molar refractivity (Wildman–Crippen MR) is 113 cm³/mol. The second-order valence-electron chi connectivity index (χ2n) is 6.40. The zero-order chi connectivity index (χ0) is 18.2. The molecule has 0 aliphatic heterocycles. The Kier molecular flexibility index (Phi) is 9.68. The first-order valence-electron chi connectivity index (χ1n) is 8.90. The maximum absolute atomic E-state index is 5.33. The Bertz CT molecular complexity index is 674. The van der Waals surface area contributed by atoms with E-state index in [0.29, 0.717) is 12.5 Å². The molecular weight excluding hydrogens is 445 g/mol. The monoisotopic (exact) mass is 475 g/mol. The van der Waals surface area contributed by atoms with Gasteiger partial charge in [-0.25, -0.2) is 4.99 Å². The summed E-state index contributed by atoms with van der Waals surface area (Å²) in [5.74, 6) is 2.82. The molecule has 0 unspecified atom stereocenters. The van der Waals surface area contributed by atoms with Crippen LogP contribution < -0.4 is 10.6 Å². The first-order chi connectivity index (χ1) is 12.0. The molecule has 2 aromatic heterocycles. The maximum atomic E-state index is 5.33. The van der Waals surface area contributed by atoms with Gasteiger partial charge in [0.1, 0.15) is 12.3 Å². The van der Waals surface area contributed by atoms with Crippen molar-refractivity contribution in [2.24, 2.45) is 4.99 Å². The molecule has 0 amide bonds. The van der Waals surface area contributed by atoms with Gasteiger partial charge in [0, 0.05) is 24.7 Å². The predicted octanol–water partition coefficient (Wildman–Crippen LogP) is 3.71. The lowest BCUT2D eigenvalue weighted by molar-refractivity contribution is 0.376. The number of nitrogens with zero attached hydrogens (tertiary/aromatic N) is 3. The lowest BCUT2D eigenvalue weighted by Crippen LogP contribution is -2.37. The van der Waals surface area contributed by atoms with Crippen LogP contribution in [0.1, 0.15) is 61.6 Å². The highest BCUT2D eigenvalue weighted by Crippen LogP contribution is 2.15. The maximum Gasteiger partial charge on any atom is 0.191 e. The fourth-order valence-corrected chi connectivity index (χ4v) is 2.51. The third-order valence-corrected chi connectivity index (χ3v) is 3.98. The van der Waals surface area contributed by atoms with E-state index in [1.807, 2.05) is 26.8 Å². The number of rotatable bonds is 8. The minimum Gasteiger partial charge on any atom is -0.361 e. The Morgan fingerprint density at radius 1 is 1.19 bits per heavy atom. The van der Waals surface area contributed by atoms with Crippen LogP contribution >= 0.6 is 24.0 Å². The zero-order valence-corrected chi connectivity index (χ0v) is 18.6. The van der Waals surface area contributed by atoms with Gasteiger partial charge in [0.15, 0.2) is 11.7 Å². The normalized spacial score (nSPS) is 11.5. The van der Waals surface area contributed by atoms with Crippen LogP contribution in [0, 0.1) is 13.8 Å². The van der Waals surface area contributed by atoms with E-state index >= 15 is 0 Å². The number of aliphatic imine (C=N–C) groups is 1. The minimum absolute atomic E-state index is 0. The van der Waals surface area contributed by atoms with Crippen LogP contribution in [-0.4, -0.2) is 29.4 Å². The van der Waals surface area contributed by atoms with Crippen molar-refractivity contribution >= 4 is 29.9 Å². The summed E-state index contributed by atoms with van der Waals surface area (Å²) in [6.07, 6.45) is 1.92. The van der Waals surface area contributed by atoms with E-state index < -0.39 is 0 Å².